The summed E-state index contributed by atoms with van der Waals surface area (Å²) in [5.41, 5.74) is 0. The lowest BCUT2D eigenvalue weighted by molar-refractivity contribution is -0.161. The standard InChI is InChI=1S/C67H126O17P2/c1-6-9-12-15-18-21-24-25-26-27-28-31-38-43-48-53-67(72)84-63(57-78-65(70)51-46-41-36-33-32-34-39-44-49-60(4)5)59-82-86(75,76)80-55-61(68)54-79-85(73,74)81-58-62(83-66(71)52-47-42-37-30-23-20-17-14-11-8-3)56-77-64(69)50-45-40-35-29-22-19-16-13-10-7-2/h21,24-26,60-63,68H,6-20,22-23,27-59H2,1-5H3,(H,73,74)(H,75,76)/b24-21-,26-25-/t61-,62+,63+/m0/s1. The minimum absolute atomic E-state index is 0.0845. The van der Waals surface area contributed by atoms with E-state index in [4.69, 9.17) is 37.0 Å². The summed E-state index contributed by atoms with van der Waals surface area (Å²) in [6.45, 7) is 7.10. The van der Waals surface area contributed by atoms with Gasteiger partial charge in [0.1, 0.15) is 19.3 Å². The molecule has 86 heavy (non-hydrogen) atoms. The van der Waals surface area contributed by atoms with Crippen LogP contribution in [0, 0.1) is 5.92 Å². The van der Waals surface area contributed by atoms with E-state index in [1.165, 1.54) is 122 Å². The fraction of sp³-hybridized carbons (Fsp3) is 0.881. The van der Waals surface area contributed by atoms with Gasteiger partial charge in [-0.25, -0.2) is 9.13 Å². The molecule has 0 radical (unpaired) electrons. The van der Waals surface area contributed by atoms with E-state index in [-0.39, 0.29) is 25.7 Å². The van der Waals surface area contributed by atoms with Crippen LogP contribution < -0.4 is 0 Å². The second kappa shape index (κ2) is 60.1. The maximum Gasteiger partial charge on any atom is 0.472 e. The second-order valence-electron chi connectivity index (χ2n) is 24.0. The monoisotopic (exact) mass is 1260 g/mol. The van der Waals surface area contributed by atoms with Gasteiger partial charge in [0.15, 0.2) is 12.2 Å². The van der Waals surface area contributed by atoms with E-state index in [1.54, 1.807) is 0 Å². The van der Waals surface area contributed by atoms with Crippen LogP contribution in [0.2, 0.25) is 0 Å². The Hall–Kier alpha value is -2.46. The third kappa shape index (κ3) is 60.5. The van der Waals surface area contributed by atoms with Gasteiger partial charge in [0, 0.05) is 25.7 Å². The average molecular weight is 1270 g/mol. The molecule has 3 N–H and O–H groups in total. The van der Waals surface area contributed by atoms with E-state index in [2.05, 4.69) is 58.9 Å². The number of carbonyl (C=O) groups is 4. The molecule has 0 aromatic carbocycles. The maximum atomic E-state index is 13.0. The number of esters is 4. The number of aliphatic hydroxyl groups excluding tert-OH is 1. The van der Waals surface area contributed by atoms with Crippen LogP contribution >= 0.6 is 15.6 Å². The van der Waals surface area contributed by atoms with Crippen LogP contribution in [0.25, 0.3) is 0 Å². The van der Waals surface area contributed by atoms with Gasteiger partial charge in [-0.2, -0.15) is 0 Å². The van der Waals surface area contributed by atoms with Gasteiger partial charge in [-0.15, -0.1) is 0 Å². The Morgan fingerprint density at radius 1 is 0.360 bits per heavy atom. The molecule has 0 aromatic rings. The zero-order valence-corrected chi connectivity index (χ0v) is 56.7. The Labute approximate surface area is 522 Å². The quantitative estimate of drug-likeness (QED) is 0.0169. The number of phosphoric ester groups is 2. The van der Waals surface area contributed by atoms with Crippen molar-refractivity contribution in [3.63, 3.8) is 0 Å². The SMILES string of the molecule is CCCCCC/C=C\C=C/CCCCCCCC(=O)O[C@H](COC(=O)CCCCCCCCCCC(C)C)COP(=O)(O)OC[C@@H](O)COP(=O)(O)OC[C@@H](COC(=O)CCCCCCCCCCCC)OC(=O)CCCCCCCCCCCC. The van der Waals surface area contributed by atoms with E-state index < -0.39 is 97.5 Å². The van der Waals surface area contributed by atoms with Crippen LogP contribution in [0.15, 0.2) is 24.3 Å². The van der Waals surface area contributed by atoms with Crippen LogP contribution in [0.3, 0.4) is 0 Å². The van der Waals surface area contributed by atoms with Crippen molar-refractivity contribution in [2.24, 2.45) is 5.92 Å². The van der Waals surface area contributed by atoms with Crippen molar-refractivity contribution in [3.8, 4) is 0 Å². The van der Waals surface area contributed by atoms with E-state index in [0.29, 0.717) is 25.7 Å². The lowest BCUT2D eigenvalue weighted by Gasteiger charge is -2.21. The van der Waals surface area contributed by atoms with Crippen molar-refractivity contribution >= 4 is 39.5 Å². The first kappa shape index (κ1) is 83.5. The number of unbranched alkanes of at least 4 members (excludes halogenated alkanes) is 34. The topological polar surface area (TPSA) is 237 Å². The molecule has 0 rings (SSSR count). The summed E-state index contributed by atoms with van der Waals surface area (Å²) < 4.78 is 68.0. The summed E-state index contributed by atoms with van der Waals surface area (Å²) in [4.78, 5) is 72.3. The minimum Gasteiger partial charge on any atom is -0.462 e. The van der Waals surface area contributed by atoms with Crippen molar-refractivity contribution in [1.29, 1.82) is 0 Å². The van der Waals surface area contributed by atoms with Gasteiger partial charge in [-0.3, -0.25) is 37.3 Å². The molecule has 0 amide bonds. The molecule has 0 spiro atoms. The average Bonchev–Trinajstić information content (AvgIpc) is 3.69. The fourth-order valence-electron chi connectivity index (χ4n) is 9.57. The highest BCUT2D eigenvalue weighted by Gasteiger charge is 2.30. The van der Waals surface area contributed by atoms with Crippen LogP contribution in [-0.2, 0) is 65.4 Å². The zero-order valence-electron chi connectivity index (χ0n) is 54.9. The van der Waals surface area contributed by atoms with Crippen molar-refractivity contribution in [3.05, 3.63) is 24.3 Å². The summed E-state index contributed by atoms with van der Waals surface area (Å²) in [5.74, 6) is -1.44. The molecule has 0 aliphatic rings. The number of aliphatic hydroxyl groups is 1. The number of rotatable bonds is 65. The van der Waals surface area contributed by atoms with Crippen molar-refractivity contribution in [1.82, 2.24) is 0 Å². The Morgan fingerprint density at radius 2 is 0.628 bits per heavy atom. The molecule has 0 saturated heterocycles. The molecular formula is C67H126O17P2. The highest BCUT2D eigenvalue weighted by Crippen LogP contribution is 2.45. The Kier molecular flexibility index (Phi) is 58.4. The van der Waals surface area contributed by atoms with Crippen LogP contribution in [0.4, 0.5) is 0 Å². The molecule has 0 aliphatic heterocycles. The molecule has 0 aliphatic carbocycles. The highest BCUT2D eigenvalue weighted by atomic mass is 31.2. The number of hydrogen-bond donors (Lipinski definition) is 3. The first-order chi connectivity index (χ1) is 41.5. The van der Waals surface area contributed by atoms with E-state index in [1.807, 2.05) is 0 Å². The van der Waals surface area contributed by atoms with Crippen LogP contribution in [-0.4, -0.2) is 96.7 Å². The van der Waals surface area contributed by atoms with Gasteiger partial charge in [0.05, 0.1) is 26.4 Å². The lowest BCUT2D eigenvalue weighted by atomic mass is 10.0. The summed E-state index contributed by atoms with van der Waals surface area (Å²) in [7, 11) is -9.90. The number of allylic oxidation sites excluding steroid dienone is 4. The molecule has 5 atom stereocenters. The first-order valence-corrected chi connectivity index (χ1v) is 37.4. The molecular weight excluding hydrogens is 1140 g/mol. The van der Waals surface area contributed by atoms with Gasteiger partial charge in [-0.05, 0) is 57.3 Å². The van der Waals surface area contributed by atoms with E-state index in [9.17, 15) is 43.2 Å². The normalized spacial score (nSPS) is 14.3. The number of carbonyl (C=O) groups excluding carboxylic acids is 4. The summed E-state index contributed by atoms with van der Waals surface area (Å²) in [6, 6.07) is 0. The highest BCUT2D eigenvalue weighted by molar-refractivity contribution is 7.47. The van der Waals surface area contributed by atoms with Crippen molar-refractivity contribution in [2.45, 2.75) is 335 Å². The van der Waals surface area contributed by atoms with Crippen molar-refractivity contribution in [2.75, 3.05) is 39.6 Å². The van der Waals surface area contributed by atoms with Crippen LogP contribution in [0.5, 0.6) is 0 Å². The van der Waals surface area contributed by atoms with Crippen LogP contribution in [0.1, 0.15) is 317 Å². The lowest BCUT2D eigenvalue weighted by Crippen LogP contribution is -2.30. The Bertz CT molecular complexity index is 1760. The third-order valence-electron chi connectivity index (χ3n) is 14.9. The van der Waals surface area contributed by atoms with Gasteiger partial charge in [-0.1, -0.05) is 264 Å². The Morgan fingerprint density at radius 3 is 0.953 bits per heavy atom. The second-order valence-corrected chi connectivity index (χ2v) is 26.9. The Balaban J connectivity index is 5.27. The molecule has 0 heterocycles. The van der Waals surface area contributed by atoms with Gasteiger partial charge in [0.2, 0.25) is 0 Å². The molecule has 506 valence electrons. The number of phosphoric acid groups is 2. The zero-order chi connectivity index (χ0) is 63.5. The van der Waals surface area contributed by atoms with Gasteiger partial charge in [0.25, 0.3) is 0 Å². The van der Waals surface area contributed by atoms with Crippen molar-refractivity contribution < 1.29 is 80.2 Å². The number of ether oxygens (including phenoxy) is 4. The number of hydrogen-bond acceptors (Lipinski definition) is 15. The first-order valence-electron chi connectivity index (χ1n) is 34.5. The largest absolute Gasteiger partial charge is 0.472 e. The molecule has 0 fully saturated rings. The molecule has 17 nitrogen and oxygen atoms in total. The summed E-state index contributed by atoms with van der Waals surface area (Å²) >= 11 is 0. The van der Waals surface area contributed by atoms with E-state index >= 15 is 0 Å². The smallest absolute Gasteiger partial charge is 0.462 e. The molecule has 19 heteroatoms. The minimum atomic E-state index is -4.96. The fourth-order valence-corrected chi connectivity index (χ4v) is 11.2. The molecule has 0 aromatic heterocycles. The summed E-state index contributed by atoms with van der Waals surface area (Å²) in [5, 5.41) is 10.5. The molecule has 0 bridgehead atoms. The predicted octanol–water partition coefficient (Wildman–Crippen LogP) is 18.5. The predicted molar refractivity (Wildman–Crippen MR) is 344 cm³/mol. The van der Waals surface area contributed by atoms with Gasteiger partial charge < -0.3 is 33.8 Å². The third-order valence-corrected chi connectivity index (χ3v) is 16.8. The molecule has 0 saturated carbocycles. The molecule has 2 unspecified atom stereocenters. The van der Waals surface area contributed by atoms with Gasteiger partial charge >= 0.3 is 39.5 Å². The summed E-state index contributed by atoms with van der Waals surface area (Å²) in [6.07, 6.45) is 48.0. The maximum absolute atomic E-state index is 13.0. The van der Waals surface area contributed by atoms with E-state index in [0.717, 1.165) is 115 Å².